The zero-order valence-electron chi connectivity index (χ0n) is 11.7. The summed E-state index contributed by atoms with van der Waals surface area (Å²) in [5, 5.41) is 9.26. The number of benzene rings is 1. The molecule has 21 heavy (non-hydrogen) atoms. The monoisotopic (exact) mass is 300 g/mol. The van der Waals surface area contributed by atoms with E-state index in [1.54, 1.807) is 17.8 Å². The molecule has 0 bridgehead atoms. The molecule has 1 aromatic heterocycles. The fourth-order valence-electron chi connectivity index (χ4n) is 2.59. The molecule has 0 radical (unpaired) electrons. The second-order valence-corrected chi connectivity index (χ2v) is 5.82. The maximum absolute atomic E-state index is 12.5. The summed E-state index contributed by atoms with van der Waals surface area (Å²) in [6, 6.07) is 9.36. The van der Waals surface area contributed by atoms with E-state index in [0.29, 0.717) is 18.8 Å². The van der Waals surface area contributed by atoms with Gasteiger partial charge in [-0.05, 0) is 42.0 Å². The molecule has 0 spiro atoms. The Morgan fingerprint density at radius 2 is 2.19 bits per heavy atom. The minimum absolute atomic E-state index is 0.0696. The van der Waals surface area contributed by atoms with Gasteiger partial charge in [0.25, 0.3) is 5.91 Å². The quantitative estimate of drug-likeness (QED) is 0.866. The van der Waals surface area contributed by atoms with Gasteiger partial charge in [0.2, 0.25) is 0 Å². The van der Waals surface area contributed by atoms with E-state index in [4.69, 9.17) is 0 Å². The summed E-state index contributed by atoms with van der Waals surface area (Å²) in [6.45, 7) is 1.32. The molecule has 1 aliphatic rings. The Balaban J connectivity index is 1.85. The van der Waals surface area contributed by atoms with E-state index in [1.807, 2.05) is 4.90 Å². The molecule has 108 valence electrons. The maximum atomic E-state index is 12.5. The Bertz CT molecular complexity index is 656. The lowest BCUT2D eigenvalue weighted by Gasteiger charge is -2.29. The molecule has 0 aliphatic carbocycles. The third kappa shape index (κ3) is 2.74. The highest BCUT2D eigenvalue weighted by molar-refractivity contribution is 7.98. The summed E-state index contributed by atoms with van der Waals surface area (Å²) in [7, 11) is 0. The molecule has 2 aromatic rings. The second kappa shape index (κ2) is 5.77. The van der Waals surface area contributed by atoms with Crippen LogP contribution in [0.3, 0.4) is 0 Å². The summed E-state index contributed by atoms with van der Waals surface area (Å²) in [5.74, 6) is -0.0169. The molecule has 5 heteroatoms. The average Bonchev–Trinajstić information content (AvgIpc) is 2.53. The number of hydrogen-bond donors (Lipinski definition) is 1. The van der Waals surface area contributed by atoms with Crippen molar-refractivity contribution in [3.63, 3.8) is 0 Å². The minimum atomic E-state index is -0.0865. The van der Waals surface area contributed by atoms with Crippen molar-refractivity contribution in [3.8, 4) is 5.75 Å². The summed E-state index contributed by atoms with van der Waals surface area (Å²) in [5.41, 5.74) is 2.94. The lowest BCUT2D eigenvalue weighted by molar-refractivity contribution is 0.0727. The number of nitrogens with zero attached hydrogens (tertiary/aromatic N) is 2. The number of hydrogen-bond acceptors (Lipinski definition) is 4. The topological polar surface area (TPSA) is 53.4 Å². The van der Waals surface area contributed by atoms with Crippen molar-refractivity contribution >= 4 is 17.7 Å². The number of fused-ring (bicyclic) bond motifs is 1. The Labute approximate surface area is 127 Å². The van der Waals surface area contributed by atoms with Crippen LogP contribution in [-0.4, -0.2) is 33.7 Å². The number of aromatic hydroxyl groups is 1. The molecule has 1 aromatic carbocycles. The summed E-state index contributed by atoms with van der Waals surface area (Å²) in [4.78, 5) is 19.5. The molecule has 0 saturated carbocycles. The van der Waals surface area contributed by atoms with Crippen LogP contribution in [-0.2, 0) is 13.0 Å². The highest BCUT2D eigenvalue weighted by atomic mass is 32.2. The maximum Gasteiger partial charge on any atom is 0.272 e. The summed E-state index contributed by atoms with van der Waals surface area (Å²) in [6.07, 6.45) is 4.23. The van der Waals surface area contributed by atoms with Gasteiger partial charge in [-0.1, -0.05) is 12.1 Å². The first-order valence-electron chi connectivity index (χ1n) is 6.78. The average molecular weight is 300 g/mol. The van der Waals surface area contributed by atoms with Gasteiger partial charge in [-0.25, -0.2) is 4.98 Å². The van der Waals surface area contributed by atoms with Gasteiger partial charge >= 0.3 is 0 Å². The molecule has 0 atom stereocenters. The molecule has 2 heterocycles. The van der Waals surface area contributed by atoms with Crippen molar-refractivity contribution in [2.45, 2.75) is 17.9 Å². The van der Waals surface area contributed by atoms with Crippen molar-refractivity contribution < 1.29 is 9.90 Å². The molecule has 0 fully saturated rings. The van der Waals surface area contributed by atoms with Gasteiger partial charge in [0.1, 0.15) is 11.4 Å². The largest absolute Gasteiger partial charge is 0.506 e. The van der Waals surface area contributed by atoms with Crippen molar-refractivity contribution in [3.05, 3.63) is 53.3 Å². The number of rotatable bonds is 2. The zero-order valence-corrected chi connectivity index (χ0v) is 12.6. The van der Waals surface area contributed by atoms with Crippen LogP contribution in [0.15, 0.2) is 41.4 Å². The molecular weight excluding hydrogens is 284 g/mol. The van der Waals surface area contributed by atoms with E-state index in [0.717, 1.165) is 6.42 Å². The predicted octanol–water partition coefficient (Wildman–Crippen LogP) is 2.71. The standard InChI is InChI=1S/C16H16N2O2S/c1-21-15-4-2-3-11-7-8-18(10-13(11)15)16(20)14-6-5-12(19)9-17-14/h2-6,9,19H,7-8,10H2,1H3. The van der Waals surface area contributed by atoms with Gasteiger partial charge in [0.05, 0.1) is 6.20 Å². The first-order chi connectivity index (χ1) is 10.2. The van der Waals surface area contributed by atoms with E-state index >= 15 is 0 Å². The van der Waals surface area contributed by atoms with Gasteiger partial charge in [-0.2, -0.15) is 0 Å². The van der Waals surface area contributed by atoms with Crippen LogP contribution >= 0.6 is 11.8 Å². The molecule has 0 unspecified atom stereocenters. The lowest BCUT2D eigenvalue weighted by Crippen LogP contribution is -2.36. The van der Waals surface area contributed by atoms with Crippen LogP contribution in [0.5, 0.6) is 5.75 Å². The van der Waals surface area contributed by atoms with Crippen LogP contribution in [0, 0.1) is 0 Å². The molecule has 1 aliphatic heterocycles. The molecular formula is C16H16N2O2S. The smallest absolute Gasteiger partial charge is 0.272 e. The summed E-state index contributed by atoms with van der Waals surface area (Å²) < 4.78 is 0. The zero-order chi connectivity index (χ0) is 14.8. The van der Waals surface area contributed by atoms with Gasteiger partial charge < -0.3 is 10.0 Å². The number of carbonyl (C=O) groups is 1. The molecule has 1 N–H and O–H groups in total. The van der Waals surface area contributed by atoms with Gasteiger partial charge in [0.15, 0.2) is 0 Å². The predicted molar refractivity (Wildman–Crippen MR) is 82.6 cm³/mol. The van der Waals surface area contributed by atoms with Crippen LogP contribution in [0.2, 0.25) is 0 Å². The van der Waals surface area contributed by atoms with Crippen molar-refractivity contribution in [2.75, 3.05) is 12.8 Å². The number of aromatic nitrogens is 1. The lowest BCUT2D eigenvalue weighted by atomic mass is 9.99. The normalized spacial score (nSPS) is 13.9. The van der Waals surface area contributed by atoms with E-state index in [-0.39, 0.29) is 11.7 Å². The van der Waals surface area contributed by atoms with E-state index in [9.17, 15) is 9.90 Å². The SMILES string of the molecule is CSc1cccc2c1CN(C(=O)c1ccc(O)cn1)CC2. The first kappa shape index (κ1) is 13.9. The van der Waals surface area contributed by atoms with Crippen LogP contribution in [0.25, 0.3) is 0 Å². The van der Waals surface area contributed by atoms with E-state index < -0.39 is 0 Å². The Morgan fingerprint density at radius 3 is 2.90 bits per heavy atom. The van der Waals surface area contributed by atoms with E-state index in [1.165, 1.54) is 28.3 Å². The Hall–Kier alpha value is -2.01. The van der Waals surface area contributed by atoms with Crippen molar-refractivity contribution in [1.29, 1.82) is 0 Å². The Morgan fingerprint density at radius 1 is 1.33 bits per heavy atom. The van der Waals surface area contributed by atoms with Crippen molar-refractivity contribution in [2.24, 2.45) is 0 Å². The minimum Gasteiger partial charge on any atom is -0.506 e. The van der Waals surface area contributed by atoms with Gasteiger partial charge in [-0.3, -0.25) is 4.79 Å². The van der Waals surface area contributed by atoms with Crippen LogP contribution in [0.1, 0.15) is 21.6 Å². The fraction of sp³-hybridized carbons (Fsp3) is 0.250. The molecule has 1 amide bonds. The Kier molecular flexibility index (Phi) is 3.84. The molecule has 4 nitrogen and oxygen atoms in total. The number of amides is 1. The summed E-state index contributed by atoms with van der Waals surface area (Å²) >= 11 is 1.71. The number of thioether (sulfide) groups is 1. The van der Waals surface area contributed by atoms with Gasteiger partial charge in [0, 0.05) is 18.0 Å². The van der Waals surface area contributed by atoms with Crippen LogP contribution < -0.4 is 0 Å². The van der Waals surface area contributed by atoms with Crippen LogP contribution in [0.4, 0.5) is 0 Å². The van der Waals surface area contributed by atoms with E-state index in [2.05, 4.69) is 29.4 Å². The third-order valence-corrected chi connectivity index (χ3v) is 4.53. The van der Waals surface area contributed by atoms with Gasteiger partial charge in [-0.15, -0.1) is 11.8 Å². The highest BCUT2D eigenvalue weighted by Gasteiger charge is 2.24. The number of pyridine rings is 1. The highest BCUT2D eigenvalue weighted by Crippen LogP contribution is 2.29. The third-order valence-electron chi connectivity index (χ3n) is 3.70. The molecule has 3 rings (SSSR count). The fourth-order valence-corrected chi connectivity index (χ4v) is 3.25. The number of carbonyl (C=O) groups excluding carboxylic acids is 1. The van der Waals surface area contributed by atoms with Crippen molar-refractivity contribution in [1.82, 2.24) is 9.88 Å². The first-order valence-corrected chi connectivity index (χ1v) is 8.00. The second-order valence-electron chi connectivity index (χ2n) is 4.98. The molecule has 0 saturated heterocycles.